The first-order valence-electron chi connectivity index (χ1n) is 13.1. The van der Waals surface area contributed by atoms with Crippen LogP contribution in [0.25, 0.3) is 0 Å². The highest BCUT2D eigenvalue weighted by Crippen LogP contribution is 2.53. The Morgan fingerprint density at radius 2 is 1.88 bits per heavy atom. The van der Waals surface area contributed by atoms with Gasteiger partial charge in [-0.05, 0) is 55.7 Å². The van der Waals surface area contributed by atoms with Gasteiger partial charge in [0.05, 0.1) is 23.2 Å². The third-order valence-corrected chi connectivity index (χ3v) is 7.82. The van der Waals surface area contributed by atoms with Crippen LogP contribution in [0, 0.1) is 6.92 Å². The van der Waals surface area contributed by atoms with Crippen LogP contribution in [0.3, 0.4) is 0 Å². The lowest BCUT2D eigenvalue weighted by molar-refractivity contribution is -0.137. The van der Waals surface area contributed by atoms with Gasteiger partial charge in [-0.1, -0.05) is 6.07 Å². The number of halogens is 3. The molecule has 2 aromatic carbocycles. The van der Waals surface area contributed by atoms with E-state index in [1.54, 1.807) is 29.3 Å². The van der Waals surface area contributed by atoms with Gasteiger partial charge in [-0.2, -0.15) is 13.2 Å². The van der Waals surface area contributed by atoms with Gasteiger partial charge in [0.2, 0.25) is 11.9 Å². The molecule has 0 atom stereocenters. The predicted octanol–water partition coefficient (Wildman–Crippen LogP) is 3.63. The van der Waals surface area contributed by atoms with E-state index in [-0.39, 0.29) is 24.0 Å². The Balaban J connectivity index is 1.30. The van der Waals surface area contributed by atoms with Crippen LogP contribution >= 0.6 is 0 Å². The second kappa shape index (κ2) is 9.47. The first-order chi connectivity index (χ1) is 19.0. The number of nitrogens with one attached hydrogen (secondary N) is 2. The SMILES string of the molecule is Cc1ccc(NC(=O)c2cc(N3CCNCC3)cc(C(F)(F)F)c2)cc1N1Cc2cnc(N)nc2C2(CC2)C1=O. The molecule has 1 saturated carbocycles. The molecule has 208 valence electrons. The van der Waals surface area contributed by atoms with Crippen molar-refractivity contribution in [2.45, 2.75) is 37.9 Å². The Hall–Kier alpha value is -4.19. The van der Waals surface area contributed by atoms with Crippen LogP contribution in [0.5, 0.6) is 0 Å². The molecule has 2 aliphatic heterocycles. The largest absolute Gasteiger partial charge is 0.416 e. The molecule has 1 saturated heterocycles. The Kier molecular flexibility index (Phi) is 6.17. The number of rotatable bonds is 4. The number of carbonyl (C=O) groups excluding carboxylic acids is 2. The molecule has 3 heterocycles. The molecule has 1 aromatic heterocycles. The number of hydrogen-bond donors (Lipinski definition) is 3. The quantitative estimate of drug-likeness (QED) is 0.454. The van der Waals surface area contributed by atoms with E-state index in [4.69, 9.17) is 5.73 Å². The van der Waals surface area contributed by atoms with Gasteiger partial charge in [0.15, 0.2) is 0 Å². The fourth-order valence-electron chi connectivity index (χ4n) is 5.52. The van der Waals surface area contributed by atoms with Crippen LogP contribution in [0.1, 0.15) is 45.6 Å². The van der Waals surface area contributed by atoms with Crippen LogP contribution in [-0.2, 0) is 22.9 Å². The number of piperazine rings is 1. The number of aromatic nitrogens is 2. The summed E-state index contributed by atoms with van der Waals surface area (Å²) < 4.78 is 41.2. The van der Waals surface area contributed by atoms with Gasteiger partial charge in [-0.3, -0.25) is 9.59 Å². The number of alkyl halides is 3. The van der Waals surface area contributed by atoms with Crippen molar-refractivity contribution in [3.8, 4) is 0 Å². The second-order valence-electron chi connectivity index (χ2n) is 10.5. The number of benzene rings is 2. The number of fused-ring (bicyclic) bond motifs is 2. The number of hydrogen-bond acceptors (Lipinski definition) is 7. The number of aryl methyl sites for hydroxylation is 1. The highest BCUT2D eigenvalue weighted by molar-refractivity contribution is 6.07. The van der Waals surface area contributed by atoms with Crippen LogP contribution < -0.4 is 26.2 Å². The third kappa shape index (κ3) is 4.61. The second-order valence-corrected chi connectivity index (χ2v) is 10.5. The van der Waals surface area contributed by atoms with E-state index in [1.807, 2.05) is 11.8 Å². The van der Waals surface area contributed by atoms with E-state index in [0.717, 1.165) is 23.3 Å². The minimum absolute atomic E-state index is 0.0942. The first kappa shape index (κ1) is 26.1. The van der Waals surface area contributed by atoms with E-state index in [2.05, 4.69) is 20.6 Å². The van der Waals surface area contributed by atoms with Crippen LogP contribution in [0.4, 0.5) is 36.2 Å². The summed E-state index contributed by atoms with van der Waals surface area (Å²) in [4.78, 5) is 38.8. The van der Waals surface area contributed by atoms with E-state index in [0.29, 0.717) is 61.8 Å². The highest BCUT2D eigenvalue weighted by Gasteiger charge is 2.58. The summed E-state index contributed by atoms with van der Waals surface area (Å²) in [7, 11) is 0. The predicted molar refractivity (Wildman–Crippen MR) is 144 cm³/mol. The van der Waals surface area contributed by atoms with Crippen molar-refractivity contribution in [2.75, 3.05) is 47.0 Å². The highest BCUT2D eigenvalue weighted by atomic mass is 19.4. The minimum Gasteiger partial charge on any atom is -0.369 e. The molecule has 3 aliphatic rings. The number of nitrogens with zero attached hydrogens (tertiary/aromatic N) is 4. The number of carbonyl (C=O) groups is 2. The Labute approximate surface area is 228 Å². The third-order valence-electron chi connectivity index (χ3n) is 7.82. The molecule has 1 spiro atoms. The van der Waals surface area contributed by atoms with Crippen LogP contribution in [-0.4, -0.2) is 48.0 Å². The minimum atomic E-state index is -4.60. The molecule has 3 aromatic rings. The monoisotopic (exact) mass is 551 g/mol. The molecular formula is C28H28F3N7O2. The summed E-state index contributed by atoms with van der Waals surface area (Å²) in [5, 5.41) is 5.91. The van der Waals surface area contributed by atoms with Gasteiger partial charge in [0.25, 0.3) is 5.91 Å². The van der Waals surface area contributed by atoms with Gasteiger partial charge in [0.1, 0.15) is 0 Å². The van der Waals surface area contributed by atoms with Gasteiger partial charge in [-0.25, -0.2) is 9.97 Å². The maximum absolute atomic E-state index is 13.7. The molecule has 2 amide bonds. The average molecular weight is 552 g/mol. The van der Waals surface area contributed by atoms with Crippen LogP contribution in [0.15, 0.2) is 42.6 Å². The van der Waals surface area contributed by atoms with Gasteiger partial charge < -0.3 is 26.2 Å². The lowest BCUT2D eigenvalue weighted by Crippen LogP contribution is -2.45. The van der Waals surface area contributed by atoms with Crippen LogP contribution in [0.2, 0.25) is 0 Å². The fourth-order valence-corrected chi connectivity index (χ4v) is 5.52. The summed E-state index contributed by atoms with van der Waals surface area (Å²) >= 11 is 0. The van der Waals surface area contributed by atoms with Crippen molar-refractivity contribution in [3.05, 3.63) is 70.5 Å². The maximum Gasteiger partial charge on any atom is 0.416 e. The maximum atomic E-state index is 13.7. The summed E-state index contributed by atoms with van der Waals surface area (Å²) in [6, 6.07) is 8.54. The molecule has 40 heavy (non-hydrogen) atoms. The zero-order valence-electron chi connectivity index (χ0n) is 21.8. The zero-order chi connectivity index (χ0) is 28.2. The normalized spacial score (nSPS) is 18.1. The molecular weight excluding hydrogens is 523 g/mol. The lowest BCUT2D eigenvalue weighted by Gasteiger charge is -2.34. The van der Waals surface area contributed by atoms with Gasteiger partial charge >= 0.3 is 6.18 Å². The molecule has 9 nitrogen and oxygen atoms in total. The molecule has 0 unspecified atom stereocenters. The molecule has 2 fully saturated rings. The van der Waals surface area contributed by atoms with E-state index >= 15 is 0 Å². The van der Waals surface area contributed by atoms with Crippen molar-refractivity contribution in [3.63, 3.8) is 0 Å². The zero-order valence-corrected chi connectivity index (χ0v) is 21.8. The summed E-state index contributed by atoms with van der Waals surface area (Å²) in [6.45, 7) is 4.46. The number of anilines is 4. The molecule has 6 rings (SSSR count). The van der Waals surface area contributed by atoms with Crippen molar-refractivity contribution in [1.29, 1.82) is 0 Å². The molecule has 4 N–H and O–H groups in total. The van der Waals surface area contributed by atoms with E-state index in [1.165, 1.54) is 6.07 Å². The van der Waals surface area contributed by atoms with Gasteiger partial charge in [0, 0.05) is 60.6 Å². The Bertz CT molecular complexity index is 1510. The average Bonchev–Trinajstić information content (AvgIpc) is 3.74. The molecule has 0 radical (unpaired) electrons. The fraction of sp³-hybridized carbons (Fsp3) is 0.357. The topological polar surface area (TPSA) is 116 Å². The Morgan fingerprint density at radius 3 is 2.58 bits per heavy atom. The lowest BCUT2D eigenvalue weighted by atomic mass is 9.91. The van der Waals surface area contributed by atoms with Crippen molar-refractivity contribution >= 4 is 34.8 Å². The van der Waals surface area contributed by atoms with Crippen molar-refractivity contribution < 1.29 is 22.8 Å². The first-order valence-corrected chi connectivity index (χ1v) is 13.1. The van der Waals surface area contributed by atoms with E-state index in [9.17, 15) is 22.8 Å². The van der Waals surface area contributed by atoms with Crippen molar-refractivity contribution in [1.82, 2.24) is 15.3 Å². The summed E-state index contributed by atoms with van der Waals surface area (Å²) in [5.41, 5.74) is 7.69. The Morgan fingerprint density at radius 1 is 1.12 bits per heavy atom. The smallest absolute Gasteiger partial charge is 0.369 e. The molecule has 12 heteroatoms. The van der Waals surface area contributed by atoms with E-state index < -0.39 is 23.1 Å². The summed E-state index contributed by atoms with van der Waals surface area (Å²) in [6.07, 6.45) is -1.64. The standard InChI is InChI=1S/C28H28F3N7O2/c1-16-2-3-20(13-22(16)38-15-18-14-34-26(32)36-23(18)27(4-5-27)25(38)40)35-24(39)17-10-19(28(29,30)31)12-21(11-17)37-8-6-33-7-9-37/h2-3,10-14,33H,4-9,15H2,1H3,(H,35,39)(H2,32,34,36). The van der Waals surface area contributed by atoms with Crippen molar-refractivity contribution in [2.24, 2.45) is 0 Å². The number of nitrogens with two attached hydrogens (primary N) is 1. The van der Waals surface area contributed by atoms with Gasteiger partial charge in [-0.15, -0.1) is 0 Å². The number of amides is 2. The summed E-state index contributed by atoms with van der Waals surface area (Å²) in [5.74, 6) is -0.639. The molecule has 0 bridgehead atoms. The number of nitrogen functional groups attached to an aromatic ring is 1. The molecule has 1 aliphatic carbocycles.